The number of ether oxygens (including phenoxy) is 1. The second-order valence-electron chi connectivity index (χ2n) is 5.25. The Kier molecular flexibility index (Phi) is 7.11. The van der Waals surface area contributed by atoms with Crippen molar-refractivity contribution in [1.29, 1.82) is 0 Å². The molecule has 0 spiro atoms. The number of benzene rings is 1. The number of anilines is 1. The van der Waals surface area contributed by atoms with Crippen LogP contribution < -0.4 is 15.8 Å². The molecule has 0 unspecified atom stereocenters. The van der Waals surface area contributed by atoms with E-state index in [1.165, 1.54) is 11.3 Å². The first-order valence-corrected chi connectivity index (χ1v) is 9.28. The van der Waals surface area contributed by atoms with E-state index in [1.54, 1.807) is 24.3 Å². The van der Waals surface area contributed by atoms with E-state index in [9.17, 15) is 9.59 Å². The van der Waals surface area contributed by atoms with E-state index in [0.717, 1.165) is 11.3 Å². The van der Waals surface area contributed by atoms with Crippen molar-refractivity contribution in [2.24, 2.45) is 5.73 Å². The van der Waals surface area contributed by atoms with E-state index in [1.807, 2.05) is 6.92 Å². The highest BCUT2D eigenvalue weighted by Gasteiger charge is 2.15. The number of amides is 2. The Morgan fingerprint density at radius 3 is 2.68 bits per heavy atom. The molecule has 25 heavy (non-hydrogen) atoms. The Hall–Kier alpha value is -1.76. The third-order valence-corrected chi connectivity index (χ3v) is 5.07. The van der Waals surface area contributed by atoms with Gasteiger partial charge in [-0.2, -0.15) is 0 Å². The predicted molar refractivity (Wildman–Crippen MR) is 102 cm³/mol. The molecule has 1 heterocycles. The number of aryl methyl sites for hydroxylation is 1. The van der Waals surface area contributed by atoms with Crippen LogP contribution in [-0.2, 0) is 11.2 Å². The maximum Gasteiger partial charge on any atom is 0.251 e. The van der Waals surface area contributed by atoms with Gasteiger partial charge < -0.3 is 15.8 Å². The van der Waals surface area contributed by atoms with Crippen molar-refractivity contribution in [2.45, 2.75) is 26.2 Å². The number of nitrogens with one attached hydrogen (secondary N) is 1. The van der Waals surface area contributed by atoms with Crippen LogP contribution in [-0.4, -0.2) is 18.4 Å². The summed E-state index contributed by atoms with van der Waals surface area (Å²) in [5.41, 5.74) is 5.69. The van der Waals surface area contributed by atoms with Crippen LogP contribution in [0, 0.1) is 0 Å². The van der Waals surface area contributed by atoms with Crippen LogP contribution >= 0.6 is 34.5 Å². The molecule has 134 valence electrons. The molecule has 0 saturated carbocycles. The zero-order valence-electron chi connectivity index (χ0n) is 13.6. The number of carbonyl (C=O) groups excluding carboxylic acids is 2. The van der Waals surface area contributed by atoms with Gasteiger partial charge in [0.2, 0.25) is 5.91 Å². The van der Waals surface area contributed by atoms with Crippen molar-refractivity contribution in [2.75, 3.05) is 11.9 Å². The lowest BCUT2D eigenvalue weighted by Crippen LogP contribution is -2.16. The Labute approximate surface area is 160 Å². The molecule has 0 aliphatic carbocycles. The van der Waals surface area contributed by atoms with E-state index in [2.05, 4.69) is 5.32 Å². The molecule has 8 heteroatoms. The van der Waals surface area contributed by atoms with Crippen LogP contribution in [0.25, 0.3) is 0 Å². The molecule has 0 atom stereocenters. The normalized spacial score (nSPS) is 10.5. The minimum Gasteiger partial charge on any atom is -0.492 e. The number of rotatable bonds is 8. The monoisotopic (exact) mass is 400 g/mol. The fourth-order valence-electron chi connectivity index (χ4n) is 2.09. The van der Waals surface area contributed by atoms with Crippen LogP contribution in [0.5, 0.6) is 5.75 Å². The first-order valence-electron chi connectivity index (χ1n) is 7.71. The van der Waals surface area contributed by atoms with Gasteiger partial charge in [-0.1, -0.05) is 30.1 Å². The lowest BCUT2D eigenvalue weighted by Gasteiger charge is -2.08. The number of carbonyl (C=O) groups is 2. The average Bonchev–Trinajstić information content (AvgIpc) is 2.96. The number of hydrogen-bond acceptors (Lipinski definition) is 4. The first kappa shape index (κ1) is 19.6. The summed E-state index contributed by atoms with van der Waals surface area (Å²) in [5, 5.41) is 4.20. The van der Waals surface area contributed by atoms with Crippen LogP contribution in [0.3, 0.4) is 0 Å². The van der Waals surface area contributed by atoms with Gasteiger partial charge in [0.1, 0.15) is 10.8 Å². The minimum absolute atomic E-state index is 0.196. The molecule has 1 aromatic heterocycles. The molecule has 0 saturated heterocycles. The van der Waals surface area contributed by atoms with Crippen molar-refractivity contribution in [3.8, 4) is 5.75 Å². The van der Waals surface area contributed by atoms with Crippen LogP contribution in [0.15, 0.2) is 24.3 Å². The average molecular weight is 401 g/mol. The highest BCUT2D eigenvalue weighted by molar-refractivity contribution is 7.16. The van der Waals surface area contributed by atoms with Gasteiger partial charge in [-0.15, -0.1) is 11.3 Å². The van der Waals surface area contributed by atoms with Crippen molar-refractivity contribution >= 4 is 51.4 Å². The molecule has 0 bridgehead atoms. The van der Waals surface area contributed by atoms with Crippen molar-refractivity contribution in [1.82, 2.24) is 0 Å². The molecule has 0 fully saturated rings. The molecule has 0 radical (unpaired) electrons. The Morgan fingerprint density at radius 1 is 1.28 bits per heavy atom. The van der Waals surface area contributed by atoms with Crippen molar-refractivity contribution in [3.63, 3.8) is 0 Å². The second kappa shape index (κ2) is 9.08. The third-order valence-electron chi connectivity index (χ3n) is 3.35. The van der Waals surface area contributed by atoms with E-state index < -0.39 is 5.91 Å². The molecule has 3 N–H and O–H groups in total. The summed E-state index contributed by atoms with van der Waals surface area (Å²) < 4.78 is 5.53. The smallest absolute Gasteiger partial charge is 0.251 e. The van der Waals surface area contributed by atoms with E-state index in [-0.39, 0.29) is 12.3 Å². The standard InChI is InChI=1S/C17H18Cl2N2O3S/c1-2-11-9-12(16(20)23)17(25-11)21-15(22)4-3-7-24-14-6-5-10(18)8-13(14)19/h5-6,8-9H,2-4,7H2,1H3,(H2,20,23)(H,21,22). The van der Waals surface area contributed by atoms with Gasteiger partial charge in [-0.05, 0) is 37.1 Å². The summed E-state index contributed by atoms with van der Waals surface area (Å²) in [5.74, 6) is -0.224. The van der Waals surface area contributed by atoms with Gasteiger partial charge in [0.05, 0.1) is 17.2 Å². The summed E-state index contributed by atoms with van der Waals surface area (Å²) in [6, 6.07) is 6.68. The van der Waals surface area contributed by atoms with Gasteiger partial charge in [-0.25, -0.2) is 0 Å². The quantitative estimate of drug-likeness (QED) is 0.639. The first-order chi connectivity index (χ1) is 11.9. The van der Waals surface area contributed by atoms with Crippen LogP contribution in [0.2, 0.25) is 10.0 Å². The molecule has 2 rings (SSSR count). The van der Waals surface area contributed by atoms with Gasteiger partial charge >= 0.3 is 0 Å². The zero-order valence-corrected chi connectivity index (χ0v) is 15.9. The number of halogens is 2. The molecular weight excluding hydrogens is 383 g/mol. The molecule has 5 nitrogen and oxygen atoms in total. The second-order valence-corrected chi connectivity index (χ2v) is 7.23. The highest BCUT2D eigenvalue weighted by atomic mass is 35.5. The topological polar surface area (TPSA) is 81.4 Å². The Morgan fingerprint density at radius 2 is 2.04 bits per heavy atom. The molecule has 1 aromatic carbocycles. The number of nitrogens with two attached hydrogens (primary N) is 1. The summed E-state index contributed by atoms with van der Waals surface area (Å²) in [7, 11) is 0. The molecule has 0 aliphatic heterocycles. The van der Waals surface area contributed by atoms with Crippen LogP contribution in [0.4, 0.5) is 5.00 Å². The van der Waals surface area contributed by atoms with Crippen LogP contribution in [0.1, 0.15) is 35.0 Å². The SMILES string of the molecule is CCc1cc(C(N)=O)c(NC(=O)CCCOc2ccc(Cl)cc2Cl)s1. The Balaban J connectivity index is 1.83. The third kappa shape index (κ3) is 5.63. The summed E-state index contributed by atoms with van der Waals surface area (Å²) in [6.07, 6.45) is 1.53. The molecule has 2 amide bonds. The van der Waals surface area contributed by atoms with Crippen molar-refractivity contribution < 1.29 is 14.3 Å². The fourth-order valence-corrected chi connectivity index (χ4v) is 3.57. The summed E-state index contributed by atoms with van der Waals surface area (Å²) >= 11 is 13.2. The number of hydrogen-bond donors (Lipinski definition) is 2. The zero-order chi connectivity index (χ0) is 18.4. The highest BCUT2D eigenvalue weighted by Crippen LogP contribution is 2.29. The molecular formula is C17H18Cl2N2O3S. The fraction of sp³-hybridized carbons (Fsp3) is 0.294. The van der Waals surface area contributed by atoms with E-state index in [0.29, 0.717) is 39.4 Å². The number of thiophene rings is 1. The largest absolute Gasteiger partial charge is 0.492 e. The van der Waals surface area contributed by atoms with E-state index in [4.69, 9.17) is 33.7 Å². The van der Waals surface area contributed by atoms with Gasteiger partial charge in [-0.3, -0.25) is 9.59 Å². The summed E-state index contributed by atoms with van der Waals surface area (Å²) in [4.78, 5) is 24.5. The summed E-state index contributed by atoms with van der Waals surface area (Å²) in [6.45, 7) is 2.31. The molecule has 0 aliphatic rings. The molecule has 2 aromatic rings. The van der Waals surface area contributed by atoms with Crippen molar-refractivity contribution in [3.05, 3.63) is 44.8 Å². The number of primary amides is 1. The Bertz CT molecular complexity index is 777. The van der Waals surface area contributed by atoms with Gasteiger partial charge in [0.15, 0.2) is 0 Å². The maximum atomic E-state index is 12.1. The lowest BCUT2D eigenvalue weighted by atomic mass is 10.2. The van der Waals surface area contributed by atoms with Gasteiger partial charge in [0, 0.05) is 16.3 Å². The van der Waals surface area contributed by atoms with E-state index >= 15 is 0 Å². The predicted octanol–water partition coefficient (Wildman–Crippen LogP) is 4.51. The minimum atomic E-state index is -0.549. The van der Waals surface area contributed by atoms with Gasteiger partial charge in [0.25, 0.3) is 5.91 Å². The maximum absolute atomic E-state index is 12.1. The lowest BCUT2D eigenvalue weighted by molar-refractivity contribution is -0.116.